The van der Waals surface area contributed by atoms with E-state index in [0.717, 1.165) is 0 Å². The molecule has 0 saturated heterocycles. The number of phenolic OH excluding ortho intramolecular Hbond substituents is 1. The highest BCUT2D eigenvalue weighted by Crippen LogP contribution is 2.29. The second-order valence-corrected chi connectivity index (χ2v) is 10.3. The number of aliphatic hydroxyl groups excluding tert-OH is 1. The van der Waals surface area contributed by atoms with Crippen molar-refractivity contribution in [3.05, 3.63) is 64.7 Å². The van der Waals surface area contributed by atoms with Crippen LogP contribution in [0.1, 0.15) is 49.1 Å². The van der Waals surface area contributed by atoms with Crippen LogP contribution in [-0.2, 0) is 30.3 Å². The van der Waals surface area contributed by atoms with Crippen molar-refractivity contribution in [1.82, 2.24) is 15.5 Å². The lowest BCUT2D eigenvalue weighted by Gasteiger charge is -2.35. The predicted octanol–water partition coefficient (Wildman–Crippen LogP) is 2.30. The van der Waals surface area contributed by atoms with E-state index in [-0.39, 0.29) is 18.7 Å². The quantitative estimate of drug-likeness (QED) is 0.307. The second-order valence-electron chi connectivity index (χ2n) is 10.3. The predicted molar refractivity (Wildman–Crippen MR) is 147 cm³/mol. The van der Waals surface area contributed by atoms with Crippen molar-refractivity contribution in [2.24, 2.45) is 0 Å². The average molecular weight is 558 g/mol. The second kappa shape index (κ2) is 14.3. The maximum atomic E-state index is 14.2. The molecular weight excluding hydrogens is 518 g/mol. The number of aryl methyl sites for hydroxylation is 2. The summed E-state index contributed by atoms with van der Waals surface area (Å²) in [6.45, 7) is 7.48. The Morgan fingerprint density at radius 2 is 1.60 bits per heavy atom. The minimum absolute atomic E-state index is 0.00351. The van der Waals surface area contributed by atoms with Gasteiger partial charge in [0.05, 0.1) is 13.7 Å². The molecule has 4 N–H and O–H groups in total. The molecule has 0 aliphatic carbocycles. The number of hydrogen-bond donors (Lipinski definition) is 4. The zero-order valence-corrected chi connectivity index (χ0v) is 23.8. The fraction of sp³-hybridized carbons (Fsp3) is 0.448. The molecule has 2 rings (SSSR count). The summed E-state index contributed by atoms with van der Waals surface area (Å²) in [7, 11) is 1.19. The highest BCUT2D eigenvalue weighted by molar-refractivity contribution is 5.93. The summed E-state index contributed by atoms with van der Waals surface area (Å²) in [5.74, 6) is -1.96. The molecule has 0 saturated carbocycles. The maximum absolute atomic E-state index is 14.2. The number of amides is 3. The Labute approximate surface area is 234 Å². The number of phenols is 1. The zero-order chi connectivity index (χ0) is 30.0. The SMILES string of the molecule is COC(=O)CNC(=O)C(c1c(C)cccc1C)N(CCO)C(=O)C(Cc1ccc(O)cc1)NC(=O)OC(C)(C)C. The number of carbonyl (C=O) groups is 4. The molecule has 0 aromatic heterocycles. The number of alkyl carbamates (subject to hydrolysis) is 1. The minimum atomic E-state index is -1.24. The maximum Gasteiger partial charge on any atom is 0.408 e. The molecule has 2 unspecified atom stereocenters. The molecule has 0 bridgehead atoms. The molecular formula is C29H39N3O8. The van der Waals surface area contributed by atoms with Gasteiger partial charge in [-0.25, -0.2) is 4.79 Å². The number of benzene rings is 2. The molecule has 2 aromatic carbocycles. The molecule has 11 heteroatoms. The average Bonchev–Trinajstić information content (AvgIpc) is 2.87. The number of hydrogen-bond acceptors (Lipinski definition) is 8. The number of methoxy groups -OCH3 is 1. The zero-order valence-electron chi connectivity index (χ0n) is 23.8. The normalized spacial score (nSPS) is 12.6. The van der Waals surface area contributed by atoms with E-state index in [4.69, 9.17) is 4.74 Å². The van der Waals surface area contributed by atoms with Crippen LogP contribution in [0.3, 0.4) is 0 Å². The third kappa shape index (κ3) is 9.26. The van der Waals surface area contributed by atoms with Gasteiger partial charge in [-0.2, -0.15) is 0 Å². The van der Waals surface area contributed by atoms with Gasteiger partial charge < -0.3 is 35.2 Å². The Balaban J connectivity index is 2.58. The van der Waals surface area contributed by atoms with Crippen molar-refractivity contribution < 1.29 is 38.9 Å². The number of carbonyl (C=O) groups excluding carboxylic acids is 4. The molecule has 0 aliphatic heterocycles. The summed E-state index contributed by atoms with van der Waals surface area (Å²) in [5, 5.41) is 24.8. The van der Waals surface area contributed by atoms with Crippen LogP contribution in [0.5, 0.6) is 5.75 Å². The van der Waals surface area contributed by atoms with Crippen LogP contribution < -0.4 is 10.6 Å². The van der Waals surface area contributed by atoms with E-state index in [1.165, 1.54) is 24.1 Å². The number of ether oxygens (including phenoxy) is 2. The summed E-state index contributed by atoms with van der Waals surface area (Å²) >= 11 is 0. The van der Waals surface area contributed by atoms with Crippen LogP contribution in [0.4, 0.5) is 4.79 Å². The Hall–Kier alpha value is -4.12. The van der Waals surface area contributed by atoms with Crippen LogP contribution in [-0.4, -0.2) is 77.4 Å². The minimum Gasteiger partial charge on any atom is -0.508 e. The molecule has 0 spiro atoms. The first-order valence-corrected chi connectivity index (χ1v) is 12.9. The van der Waals surface area contributed by atoms with E-state index in [9.17, 15) is 29.4 Å². The first-order chi connectivity index (χ1) is 18.8. The Bertz CT molecular complexity index is 1170. The highest BCUT2D eigenvalue weighted by Gasteiger charge is 2.37. The van der Waals surface area contributed by atoms with Crippen molar-refractivity contribution in [1.29, 1.82) is 0 Å². The number of aliphatic hydroxyl groups is 1. The van der Waals surface area contributed by atoms with Gasteiger partial charge in [0, 0.05) is 13.0 Å². The molecule has 40 heavy (non-hydrogen) atoms. The molecule has 218 valence electrons. The molecule has 0 radical (unpaired) electrons. The Kier molecular flexibility index (Phi) is 11.5. The number of esters is 1. The summed E-state index contributed by atoms with van der Waals surface area (Å²) in [4.78, 5) is 53.5. The van der Waals surface area contributed by atoms with Crippen LogP contribution in [0.25, 0.3) is 0 Å². The van der Waals surface area contributed by atoms with Gasteiger partial charge in [-0.3, -0.25) is 14.4 Å². The van der Waals surface area contributed by atoms with Crippen molar-refractivity contribution >= 4 is 23.9 Å². The van der Waals surface area contributed by atoms with E-state index in [0.29, 0.717) is 22.3 Å². The van der Waals surface area contributed by atoms with Gasteiger partial charge in [0.2, 0.25) is 11.8 Å². The molecule has 0 aliphatic rings. The lowest BCUT2D eigenvalue weighted by molar-refractivity contribution is -0.145. The van der Waals surface area contributed by atoms with Gasteiger partial charge in [0.15, 0.2) is 0 Å². The summed E-state index contributed by atoms with van der Waals surface area (Å²) in [5.41, 5.74) is 1.73. The van der Waals surface area contributed by atoms with Gasteiger partial charge in [-0.05, 0) is 69.0 Å². The molecule has 11 nitrogen and oxygen atoms in total. The van der Waals surface area contributed by atoms with Crippen LogP contribution in [0.15, 0.2) is 42.5 Å². The van der Waals surface area contributed by atoms with Crippen molar-refractivity contribution in [2.45, 2.75) is 58.7 Å². The smallest absolute Gasteiger partial charge is 0.408 e. The van der Waals surface area contributed by atoms with Gasteiger partial charge >= 0.3 is 12.1 Å². The van der Waals surface area contributed by atoms with Crippen molar-refractivity contribution in [3.63, 3.8) is 0 Å². The van der Waals surface area contributed by atoms with E-state index in [1.807, 2.05) is 6.07 Å². The van der Waals surface area contributed by atoms with Crippen LogP contribution >= 0.6 is 0 Å². The Morgan fingerprint density at radius 1 is 1.00 bits per heavy atom. The van der Waals surface area contributed by atoms with Crippen LogP contribution in [0, 0.1) is 13.8 Å². The molecule has 0 heterocycles. The van der Waals surface area contributed by atoms with Crippen LogP contribution in [0.2, 0.25) is 0 Å². The lowest BCUT2D eigenvalue weighted by Crippen LogP contribution is -2.54. The summed E-state index contributed by atoms with van der Waals surface area (Å²) < 4.78 is 10.0. The number of rotatable bonds is 11. The fourth-order valence-corrected chi connectivity index (χ4v) is 4.21. The number of nitrogens with one attached hydrogen (secondary N) is 2. The first-order valence-electron chi connectivity index (χ1n) is 12.9. The topological polar surface area (TPSA) is 154 Å². The van der Waals surface area contributed by atoms with E-state index < -0.39 is 54.7 Å². The first kappa shape index (κ1) is 32.1. The summed E-state index contributed by atoms with van der Waals surface area (Å²) in [6.07, 6.45) is -0.837. The largest absolute Gasteiger partial charge is 0.508 e. The monoisotopic (exact) mass is 557 g/mol. The van der Waals surface area contributed by atoms with Gasteiger partial charge in [-0.1, -0.05) is 30.3 Å². The lowest BCUT2D eigenvalue weighted by atomic mass is 9.93. The molecule has 3 amide bonds. The Morgan fingerprint density at radius 3 is 2.12 bits per heavy atom. The third-order valence-corrected chi connectivity index (χ3v) is 6.00. The highest BCUT2D eigenvalue weighted by atomic mass is 16.6. The van der Waals surface area contributed by atoms with Crippen molar-refractivity contribution in [3.8, 4) is 5.75 Å². The standard InChI is InChI=1S/C29H39N3O8/c1-18-8-7-9-19(2)24(18)25(26(36)30-17-23(35)39-6)32(14-15-33)27(37)22(31-28(38)40-29(3,4)5)16-20-10-12-21(34)13-11-20/h7-13,22,25,33-34H,14-17H2,1-6H3,(H,30,36)(H,31,38). The molecule has 2 atom stereocenters. The number of nitrogens with zero attached hydrogens (tertiary/aromatic N) is 1. The van der Waals surface area contributed by atoms with E-state index in [1.54, 1.807) is 58.9 Å². The van der Waals surface area contributed by atoms with Gasteiger partial charge in [0.25, 0.3) is 0 Å². The summed E-state index contributed by atoms with van der Waals surface area (Å²) in [6, 6.07) is 9.07. The van der Waals surface area contributed by atoms with Gasteiger partial charge in [-0.15, -0.1) is 0 Å². The number of aromatic hydroxyl groups is 1. The van der Waals surface area contributed by atoms with Gasteiger partial charge in [0.1, 0.15) is 30.0 Å². The fourth-order valence-electron chi connectivity index (χ4n) is 4.21. The van der Waals surface area contributed by atoms with E-state index >= 15 is 0 Å². The van der Waals surface area contributed by atoms with E-state index in [2.05, 4.69) is 15.4 Å². The molecule has 2 aromatic rings. The third-order valence-electron chi connectivity index (χ3n) is 6.00. The van der Waals surface area contributed by atoms with Crippen molar-refractivity contribution in [2.75, 3.05) is 26.8 Å². The molecule has 0 fully saturated rings.